The Bertz CT molecular complexity index is 703. The minimum atomic E-state index is -0.390. The van der Waals surface area contributed by atoms with Gasteiger partial charge in [0.1, 0.15) is 6.10 Å². The van der Waals surface area contributed by atoms with Crippen LogP contribution in [-0.4, -0.2) is 47.8 Å². The molecular weight excluding hydrogens is 348 g/mol. The van der Waals surface area contributed by atoms with Crippen molar-refractivity contribution in [2.24, 2.45) is 0 Å². The van der Waals surface area contributed by atoms with Crippen molar-refractivity contribution in [3.8, 4) is 23.0 Å². The first kappa shape index (κ1) is 20.9. The lowest BCUT2D eigenvalue weighted by molar-refractivity contribution is -0.0359. The summed E-state index contributed by atoms with van der Waals surface area (Å²) in [5.74, 6) is 2.61. The molecule has 148 valence electrons. The van der Waals surface area contributed by atoms with E-state index in [0.29, 0.717) is 36.2 Å². The number of para-hydroxylation sites is 2. The van der Waals surface area contributed by atoms with Crippen molar-refractivity contribution in [3.63, 3.8) is 0 Å². The first-order valence-electron chi connectivity index (χ1n) is 8.80. The van der Waals surface area contributed by atoms with Crippen LogP contribution in [0.25, 0.3) is 0 Å². The number of methoxy groups -OCH3 is 4. The lowest BCUT2D eigenvalue weighted by Gasteiger charge is -2.28. The molecule has 0 aliphatic carbocycles. The van der Waals surface area contributed by atoms with E-state index >= 15 is 0 Å². The summed E-state index contributed by atoms with van der Waals surface area (Å²) in [6, 6.07) is 13.2. The molecule has 6 nitrogen and oxygen atoms in total. The van der Waals surface area contributed by atoms with Crippen LogP contribution in [0.2, 0.25) is 0 Å². The molecule has 0 saturated heterocycles. The van der Waals surface area contributed by atoms with Crippen LogP contribution in [0.3, 0.4) is 0 Å². The van der Waals surface area contributed by atoms with Crippen LogP contribution in [0, 0.1) is 0 Å². The number of ether oxygens (including phenoxy) is 6. The third kappa shape index (κ3) is 5.28. The van der Waals surface area contributed by atoms with Crippen LogP contribution in [0.15, 0.2) is 42.5 Å². The average Bonchev–Trinajstić information content (AvgIpc) is 2.70. The summed E-state index contributed by atoms with van der Waals surface area (Å²) in [5.41, 5.74) is 0.898. The quantitative estimate of drug-likeness (QED) is 0.593. The smallest absolute Gasteiger partial charge is 0.161 e. The zero-order valence-electron chi connectivity index (χ0n) is 16.6. The van der Waals surface area contributed by atoms with Crippen molar-refractivity contribution in [2.75, 3.05) is 41.7 Å². The number of hydrogen-bond acceptors (Lipinski definition) is 6. The van der Waals surface area contributed by atoms with E-state index in [1.54, 1.807) is 28.4 Å². The molecule has 0 aromatic heterocycles. The van der Waals surface area contributed by atoms with Gasteiger partial charge >= 0.3 is 0 Å². The Labute approximate surface area is 160 Å². The number of rotatable bonds is 11. The second kappa shape index (κ2) is 10.6. The number of benzene rings is 2. The molecule has 0 bridgehead atoms. The average molecular weight is 376 g/mol. The SMILES string of the molecule is CCOc1ccc([C@@H](OC)[C@H](COC)Oc2ccccc2OC)cc1OC. The van der Waals surface area contributed by atoms with Crippen molar-refractivity contribution >= 4 is 0 Å². The molecule has 0 N–H and O–H groups in total. The van der Waals surface area contributed by atoms with E-state index in [-0.39, 0.29) is 12.2 Å². The second-order valence-corrected chi connectivity index (χ2v) is 5.76. The standard InChI is InChI=1S/C21H28O6/c1-6-26-17-12-11-15(13-19(17)24-4)21(25-5)20(14-22-2)27-18-10-8-7-9-16(18)23-3/h7-13,20-21H,6,14H2,1-5H3/t20-,21+/m0/s1. The Hall–Kier alpha value is -2.44. The molecule has 6 heteroatoms. The molecule has 0 aliphatic heterocycles. The Morgan fingerprint density at radius 1 is 0.815 bits per heavy atom. The maximum Gasteiger partial charge on any atom is 0.161 e. The van der Waals surface area contributed by atoms with E-state index in [9.17, 15) is 0 Å². The van der Waals surface area contributed by atoms with E-state index in [0.717, 1.165) is 5.56 Å². The fraction of sp³-hybridized carbons (Fsp3) is 0.429. The predicted molar refractivity (Wildman–Crippen MR) is 103 cm³/mol. The first-order valence-corrected chi connectivity index (χ1v) is 8.80. The third-order valence-electron chi connectivity index (χ3n) is 4.09. The van der Waals surface area contributed by atoms with Crippen molar-refractivity contribution < 1.29 is 28.4 Å². The molecule has 2 aromatic rings. The molecule has 0 amide bonds. The van der Waals surface area contributed by atoms with Gasteiger partial charge in [-0.2, -0.15) is 0 Å². The zero-order chi connectivity index (χ0) is 19.6. The van der Waals surface area contributed by atoms with Gasteiger partial charge in [-0.1, -0.05) is 18.2 Å². The van der Waals surface area contributed by atoms with Crippen molar-refractivity contribution in [2.45, 2.75) is 19.1 Å². The molecule has 0 fully saturated rings. The highest BCUT2D eigenvalue weighted by Crippen LogP contribution is 2.35. The second-order valence-electron chi connectivity index (χ2n) is 5.76. The van der Waals surface area contributed by atoms with E-state index in [1.807, 2.05) is 49.4 Å². The Kier molecular flexibility index (Phi) is 8.23. The largest absolute Gasteiger partial charge is 0.493 e. The zero-order valence-corrected chi connectivity index (χ0v) is 16.6. The van der Waals surface area contributed by atoms with Gasteiger partial charge in [0, 0.05) is 14.2 Å². The fourth-order valence-corrected chi connectivity index (χ4v) is 2.87. The molecule has 0 aliphatic rings. The Balaban J connectivity index is 2.33. The minimum Gasteiger partial charge on any atom is -0.493 e. The highest BCUT2D eigenvalue weighted by Gasteiger charge is 2.27. The van der Waals surface area contributed by atoms with Crippen LogP contribution in [0.1, 0.15) is 18.6 Å². The van der Waals surface area contributed by atoms with Gasteiger partial charge in [0.25, 0.3) is 0 Å². The van der Waals surface area contributed by atoms with Crippen LogP contribution >= 0.6 is 0 Å². The lowest BCUT2D eigenvalue weighted by Crippen LogP contribution is -2.31. The molecule has 0 heterocycles. The predicted octanol–water partition coefficient (Wildman–Crippen LogP) is 3.88. The van der Waals surface area contributed by atoms with Gasteiger partial charge in [-0.15, -0.1) is 0 Å². The summed E-state index contributed by atoms with van der Waals surface area (Å²) >= 11 is 0. The molecule has 0 unspecified atom stereocenters. The maximum absolute atomic E-state index is 6.19. The Morgan fingerprint density at radius 3 is 2.11 bits per heavy atom. The van der Waals surface area contributed by atoms with Gasteiger partial charge in [-0.3, -0.25) is 0 Å². The molecule has 2 atom stereocenters. The van der Waals surface area contributed by atoms with Crippen molar-refractivity contribution in [3.05, 3.63) is 48.0 Å². The summed E-state index contributed by atoms with van der Waals surface area (Å²) in [6.07, 6.45) is -0.765. The van der Waals surface area contributed by atoms with Crippen LogP contribution in [0.4, 0.5) is 0 Å². The molecule has 0 radical (unpaired) electrons. The molecule has 0 saturated carbocycles. The third-order valence-corrected chi connectivity index (χ3v) is 4.09. The molecule has 27 heavy (non-hydrogen) atoms. The van der Waals surface area contributed by atoms with E-state index < -0.39 is 0 Å². The topological polar surface area (TPSA) is 55.4 Å². The maximum atomic E-state index is 6.19. The summed E-state index contributed by atoms with van der Waals surface area (Å²) in [6.45, 7) is 2.83. The summed E-state index contributed by atoms with van der Waals surface area (Å²) < 4.78 is 33.7. The first-order chi connectivity index (χ1) is 13.2. The lowest BCUT2D eigenvalue weighted by atomic mass is 10.0. The van der Waals surface area contributed by atoms with Gasteiger partial charge in [-0.05, 0) is 36.8 Å². The normalized spacial score (nSPS) is 12.9. The van der Waals surface area contributed by atoms with Crippen LogP contribution < -0.4 is 18.9 Å². The summed E-state index contributed by atoms with van der Waals surface area (Å²) in [4.78, 5) is 0. The minimum absolute atomic E-state index is 0.339. The molecular formula is C21H28O6. The number of hydrogen-bond donors (Lipinski definition) is 0. The highest BCUT2D eigenvalue weighted by atomic mass is 16.6. The van der Waals surface area contributed by atoms with E-state index in [4.69, 9.17) is 28.4 Å². The summed E-state index contributed by atoms with van der Waals surface area (Å²) in [5, 5.41) is 0. The van der Waals surface area contributed by atoms with Gasteiger partial charge in [0.05, 0.1) is 27.4 Å². The molecule has 2 rings (SSSR count). The van der Waals surface area contributed by atoms with Gasteiger partial charge in [0.2, 0.25) is 0 Å². The van der Waals surface area contributed by atoms with Gasteiger partial charge < -0.3 is 28.4 Å². The van der Waals surface area contributed by atoms with Gasteiger partial charge in [0.15, 0.2) is 29.1 Å². The van der Waals surface area contributed by atoms with E-state index in [1.165, 1.54) is 0 Å². The van der Waals surface area contributed by atoms with Crippen molar-refractivity contribution in [1.29, 1.82) is 0 Å². The van der Waals surface area contributed by atoms with Crippen LogP contribution in [0.5, 0.6) is 23.0 Å². The Morgan fingerprint density at radius 2 is 1.52 bits per heavy atom. The fourth-order valence-electron chi connectivity index (χ4n) is 2.87. The summed E-state index contributed by atoms with van der Waals surface area (Å²) in [7, 11) is 6.49. The van der Waals surface area contributed by atoms with E-state index in [2.05, 4.69) is 0 Å². The van der Waals surface area contributed by atoms with Gasteiger partial charge in [-0.25, -0.2) is 0 Å². The monoisotopic (exact) mass is 376 g/mol. The highest BCUT2D eigenvalue weighted by molar-refractivity contribution is 5.44. The van der Waals surface area contributed by atoms with Crippen molar-refractivity contribution in [1.82, 2.24) is 0 Å². The molecule has 2 aromatic carbocycles. The van der Waals surface area contributed by atoms with Crippen LogP contribution in [-0.2, 0) is 9.47 Å². The molecule has 0 spiro atoms.